The molecule has 2 aromatic carbocycles. The van der Waals surface area contributed by atoms with Crippen molar-refractivity contribution in [2.45, 2.75) is 38.7 Å². The van der Waals surface area contributed by atoms with Gasteiger partial charge < -0.3 is 14.9 Å². The van der Waals surface area contributed by atoms with Crippen molar-refractivity contribution in [3.8, 4) is 0 Å². The molecule has 1 saturated heterocycles. The molecule has 0 atom stereocenters. The third-order valence-corrected chi connectivity index (χ3v) is 6.43. The minimum Gasteiger partial charge on any atom is -0.392 e. The highest BCUT2D eigenvalue weighted by molar-refractivity contribution is 6.30. The fraction of sp³-hybridized carbons (Fsp3) is 0.417. The molecule has 0 spiro atoms. The van der Waals surface area contributed by atoms with Crippen molar-refractivity contribution in [1.82, 2.24) is 4.90 Å². The van der Waals surface area contributed by atoms with Gasteiger partial charge in [-0.05, 0) is 73.6 Å². The third kappa shape index (κ3) is 4.37. The second-order valence-electron chi connectivity index (χ2n) is 8.14. The molecule has 6 heteroatoms. The van der Waals surface area contributed by atoms with Crippen LogP contribution in [0.15, 0.2) is 42.5 Å². The fourth-order valence-electron chi connectivity index (χ4n) is 4.44. The van der Waals surface area contributed by atoms with E-state index in [0.29, 0.717) is 36.5 Å². The summed E-state index contributed by atoms with van der Waals surface area (Å²) in [5.41, 5.74) is 3.54. The van der Waals surface area contributed by atoms with E-state index in [0.717, 1.165) is 42.6 Å². The van der Waals surface area contributed by atoms with Crippen LogP contribution in [0.4, 0.5) is 5.69 Å². The summed E-state index contributed by atoms with van der Waals surface area (Å²) in [7, 11) is 0. The highest BCUT2D eigenvalue weighted by Crippen LogP contribution is 2.32. The predicted octanol–water partition coefficient (Wildman–Crippen LogP) is 4.05. The molecule has 0 aromatic heterocycles. The maximum absolute atomic E-state index is 13.3. The number of anilines is 1. The number of halogens is 1. The first-order chi connectivity index (χ1) is 14.6. The van der Waals surface area contributed by atoms with E-state index in [4.69, 9.17) is 16.7 Å². The number of carbonyl (C=O) groups excluding carboxylic acids is 2. The molecule has 2 amide bonds. The number of rotatable bonds is 3. The lowest BCUT2D eigenvalue weighted by atomic mass is 9.94. The molecule has 2 aliphatic heterocycles. The zero-order valence-corrected chi connectivity index (χ0v) is 17.8. The molecule has 0 radical (unpaired) electrons. The molecule has 4 rings (SSSR count). The second kappa shape index (κ2) is 9.19. The monoisotopic (exact) mass is 426 g/mol. The van der Waals surface area contributed by atoms with Crippen molar-refractivity contribution in [2.75, 3.05) is 24.5 Å². The van der Waals surface area contributed by atoms with E-state index in [9.17, 15) is 9.59 Å². The molecule has 1 N–H and O–H groups in total. The summed E-state index contributed by atoms with van der Waals surface area (Å²) in [4.78, 5) is 29.9. The maximum Gasteiger partial charge on any atom is 0.253 e. The number of likely N-dealkylation sites (tertiary alicyclic amines) is 1. The van der Waals surface area contributed by atoms with Crippen molar-refractivity contribution >= 4 is 29.1 Å². The number of carbonyl (C=O) groups is 2. The smallest absolute Gasteiger partial charge is 0.253 e. The van der Waals surface area contributed by atoms with E-state index < -0.39 is 0 Å². The molecule has 2 aromatic rings. The van der Waals surface area contributed by atoms with Gasteiger partial charge in [0.05, 0.1) is 6.61 Å². The van der Waals surface area contributed by atoms with E-state index in [2.05, 4.69) is 0 Å². The van der Waals surface area contributed by atoms with Gasteiger partial charge in [0.2, 0.25) is 5.91 Å². The number of amides is 2. The van der Waals surface area contributed by atoms with Gasteiger partial charge >= 0.3 is 0 Å². The Kier molecular flexibility index (Phi) is 6.40. The van der Waals surface area contributed by atoms with Crippen molar-refractivity contribution in [3.63, 3.8) is 0 Å². The summed E-state index contributed by atoms with van der Waals surface area (Å²) in [6, 6.07) is 12.9. The number of nitrogens with zero attached hydrogens (tertiary/aromatic N) is 2. The lowest BCUT2D eigenvalue weighted by Gasteiger charge is -2.34. The van der Waals surface area contributed by atoms with E-state index in [-0.39, 0.29) is 24.3 Å². The molecular formula is C24H27ClN2O3. The molecule has 2 heterocycles. The van der Waals surface area contributed by atoms with Crippen LogP contribution < -0.4 is 4.90 Å². The van der Waals surface area contributed by atoms with Crippen molar-refractivity contribution in [1.29, 1.82) is 0 Å². The minimum absolute atomic E-state index is 0.0138. The van der Waals surface area contributed by atoms with Gasteiger partial charge in [0.15, 0.2) is 0 Å². The van der Waals surface area contributed by atoms with Gasteiger partial charge in [-0.15, -0.1) is 0 Å². The van der Waals surface area contributed by atoms with Gasteiger partial charge in [0, 0.05) is 41.8 Å². The Balaban J connectivity index is 1.41. The van der Waals surface area contributed by atoms with Crippen LogP contribution in [0.25, 0.3) is 0 Å². The summed E-state index contributed by atoms with van der Waals surface area (Å²) in [5.74, 6) is 0.0902. The van der Waals surface area contributed by atoms with Gasteiger partial charge in [-0.1, -0.05) is 23.7 Å². The Hall–Kier alpha value is -2.37. The number of piperidine rings is 1. The van der Waals surface area contributed by atoms with Crippen LogP contribution in [-0.4, -0.2) is 41.5 Å². The third-order valence-electron chi connectivity index (χ3n) is 6.19. The zero-order valence-electron chi connectivity index (χ0n) is 17.0. The van der Waals surface area contributed by atoms with Crippen LogP contribution in [0, 0.1) is 5.92 Å². The van der Waals surface area contributed by atoms with Crippen LogP contribution in [0.1, 0.15) is 47.2 Å². The molecule has 0 saturated carbocycles. The first-order valence-electron chi connectivity index (χ1n) is 10.7. The van der Waals surface area contributed by atoms with E-state index in [1.807, 2.05) is 28.0 Å². The number of benzene rings is 2. The fourth-order valence-corrected chi connectivity index (χ4v) is 4.63. The van der Waals surface area contributed by atoms with Crippen LogP contribution in [-0.2, 0) is 17.8 Å². The maximum atomic E-state index is 13.3. The average Bonchev–Trinajstić information content (AvgIpc) is 3.00. The van der Waals surface area contributed by atoms with Gasteiger partial charge in [-0.25, -0.2) is 0 Å². The molecule has 0 bridgehead atoms. The average molecular weight is 427 g/mol. The Labute approximate surface area is 182 Å². The summed E-state index contributed by atoms with van der Waals surface area (Å²) in [6.45, 7) is 1.87. The Bertz CT molecular complexity index is 921. The quantitative estimate of drug-likeness (QED) is 0.805. The molecule has 0 unspecified atom stereocenters. The molecule has 0 aliphatic carbocycles. The predicted molar refractivity (Wildman–Crippen MR) is 118 cm³/mol. The number of aryl methyl sites for hydroxylation is 1. The van der Waals surface area contributed by atoms with Gasteiger partial charge in [-0.2, -0.15) is 0 Å². The molecule has 5 nitrogen and oxygen atoms in total. The number of fused-ring (bicyclic) bond motifs is 1. The second-order valence-corrected chi connectivity index (χ2v) is 8.58. The first kappa shape index (κ1) is 20.9. The molecule has 158 valence electrons. The Morgan fingerprint density at radius 3 is 2.43 bits per heavy atom. The normalized spacial score (nSPS) is 17.4. The Morgan fingerprint density at radius 1 is 1.00 bits per heavy atom. The largest absolute Gasteiger partial charge is 0.392 e. The standard InChI is InChI=1S/C24H27ClN2O3/c25-21-8-9-22-20(15-21)3-1-2-12-27(22)24(30)19-10-13-26(14-11-19)23(29)18-6-4-17(16-28)5-7-18/h4-9,15,19,28H,1-3,10-14,16H2. The van der Waals surface area contributed by atoms with Crippen molar-refractivity contribution in [3.05, 3.63) is 64.2 Å². The number of hydrogen-bond acceptors (Lipinski definition) is 3. The molecule has 1 fully saturated rings. The number of hydrogen-bond donors (Lipinski definition) is 1. The molecule has 30 heavy (non-hydrogen) atoms. The van der Waals surface area contributed by atoms with E-state index in [1.165, 1.54) is 0 Å². The SMILES string of the molecule is O=C(c1ccc(CO)cc1)N1CCC(C(=O)N2CCCCc3cc(Cl)ccc32)CC1. The minimum atomic E-state index is -0.0626. The topological polar surface area (TPSA) is 60.9 Å². The highest BCUT2D eigenvalue weighted by Gasteiger charge is 2.32. The van der Waals surface area contributed by atoms with Gasteiger partial charge in [-0.3, -0.25) is 9.59 Å². The van der Waals surface area contributed by atoms with E-state index in [1.54, 1.807) is 24.3 Å². The highest BCUT2D eigenvalue weighted by atomic mass is 35.5. The summed E-state index contributed by atoms with van der Waals surface area (Å²) in [5, 5.41) is 9.87. The van der Waals surface area contributed by atoms with Crippen LogP contribution >= 0.6 is 11.6 Å². The molecular weight excluding hydrogens is 400 g/mol. The lowest BCUT2D eigenvalue weighted by molar-refractivity contribution is -0.123. The number of aliphatic hydroxyl groups excluding tert-OH is 1. The van der Waals surface area contributed by atoms with Gasteiger partial charge in [0.25, 0.3) is 5.91 Å². The zero-order chi connectivity index (χ0) is 21.1. The van der Waals surface area contributed by atoms with E-state index >= 15 is 0 Å². The van der Waals surface area contributed by atoms with Gasteiger partial charge in [0.1, 0.15) is 0 Å². The number of aliphatic hydroxyl groups is 1. The van der Waals surface area contributed by atoms with Crippen molar-refractivity contribution < 1.29 is 14.7 Å². The summed E-state index contributed by atoms with van der Waals surface area (Å²) < 4.78 is 0. The Morgan fingerprint density at radius 2 is 1.73 bits per heavy atom. The summed E-state index contributed by atoms with van der Waals surface area (Å²) >= 11 is 6.17. The molecule has 2 aliphatic rings. The van der Waals surface area contributed by atoms with Crippen LogP contribution in [0.2, 0.25) is 5.02 Å². The summed E-state index contributed by atoms with van der Waals surface area (Å²) in [6.07, 6.45) is 4.34. The lowest BCUT2D eigenvalue weighted by Crippen LogP contribution is -2.44. The van der Waals surface area contributed by atoms with Crippen molar-refractivity contribution in [2.24, 2.45) is 5.92 Å². The van der Waals surface area contributed by atoms with Crippen LogP contribution in [0.3, 0.4) is 0 Å². The first-order valence-corrected chi connectivity index (χ1v) is 11.0. The van der Waals surface area contributed by atoms with Crippen LogP contribution in [0.5, 0.6) is 0 Å².